The van der Waals surface area contributed by atoms with E-state index in [4.69, 9.17) is 0 Å². The van der Waals surface area contributed by atoms with Crippen LogP contribution in [0.4, 0.5) is 5.00 Å². The molecule has 2 N–H and O–H groups in total. The van der Waals surface area contributed by atoms with Gasteiger partial charge < -0.3 is 15.5 Å². The number of anilines is 1. The number of nitrogens with zero attached hydrogens (tertiary/aromatic N) is 2. The van der Waals surface area contributed by atoms with E-state index in [0.717, 1.165) is 32.1 Å². The van der Waals surface area contributed by atoms with Gasteiger partial charge in [0.2, 0.25) is 0 Å². The van der Waals surface area contributed by atoms with Crippen molar-refractivity contribution < 1.29 is 0 Å². The highest BCUT2D eigenvalue weighted by molar-refractivity contribution is 14.0. The molecule has 4 nitrogen and oxygen atoms in total. The summed E-state index contributed by atoms with van der Waals surface area (Å²) in [7, 11) is 0. The Morgan fingerprint density at radius 1 is 1.41 bits per heavy atom. The quantitative estimate of drug-likeness (QED) is 0.422. The number of halogens is 1. The van der Waals surface area contributed by atoms with Crippen LogP contribution in [0, 0.1) is 5.92 Å². The van der Waals surface area contributed by atoms with E-state index in [2.05, 4.69) is 58.8 Å². The van der Waals surface area contributed by atoms with Crippen molar-refractivity contribution in [3.63, 3.8) is 0 Å². The van der Waals surface area contributed by atoms with E-state index in [0.29, 0.717) is 12.0 Å². The Bertz CT molecular complexity index is 425. The molecule has 1 aliphatic heterocycles. The highest BCUT2D eigenvalue weighted by atomic mass is 127. The fourth-order valence-corrected chi connectivity index (χ4v) is 3.27. The minimum Gasteiger partial charge on any atom is -0.363 e. The van der Waals surface area contributed by atoms with Gasteiger partial charge in [0.05, 0.1) is 5.00 Å². The number of rotatable bonds is 5. The van der Waals surface area contributed by atoms with E-state index < -0.39 is 0 Å². The summed E-state index contributed by atoms with van der Waals surface area (Å²) in [4.78, 5) is 7.15. The fraction of sp³-hybridized carbons (Fsp3) is 0.688. The molecule has 0 aliphatic carbocycles. The van der Waals surface area contributed by atoms with Crippen LogP contribution in [-0.4, -0.2) is 38.2 Å². The molecule has 1 aromatic rings. The zero-order valence-corrected chi connectivity index (χ0v) is 17.0. The van der Waals surface area contributed by atoms with Gasteiger partial charge in [-0.15, -0.1) is 35.3 Å². The second-order valence-corrected chi connectivity index (χ2v) is 6.90. The molecule has 0 unspecified atom stereocenters. The molecule has 0 radical (unpaired) electrons. The van der Waals surface area contributed by atoms with Gasteiger partial charge in [-0.25, -0.2) is 0 Å². The molecule has 0 bridgehead atoms. The molecule has 0 atom stereocenters. The molecule has 1 saturated heterocycles. The highest BCUT2D eigenvalue weighted by Crippen LogP contribution is 2.24. The Labute approximate surface area is 155 Å². The molecule has 1 aliphatic rings. The molecule has 6 heteroatoms. The SMILES string of the molecule is CCNC(=NCC(C)C)NC1CCN(c2cccs2)CC1.I. The number of nitrogens with one attached hydrogen (secondary N) is 2. The van der Waals surface area contributed by atoms with E-state index in [1.54, 1.807) is 0 Å². The summed E-state index contributed by atoms with van der Waals surface area (Å²) >= 11 is 1.83. The third-order valence-electron chi connectivity index (χ3n) is 3.61. The van der Waals surface area contributed by atoms with Crippen molar-refractivity contribution in [2.45, 2.75) is 39.7 Å². The molecule has 1 fully saturated rings. The maximum Gasteiger partial charge on any atom is 0.191 e. The smallest absolute Gasteiger partial charge is 0.191 e. The zero-order valence-electron chi connectivity index (χ0n) is 13.8. The maximum absolute atomic E-state index is 4.66. The lowest BCUT2D eigenvalue weighted by molar-refractivity contribution is 0.462. The zero-order chi connectivity index (χ0) is 15.1. The summed E-state index contributed by atoms with van der Waals surface area (Å²) in [5.41, 5.74) is 0. The minimum atomic E-state index is 0. The van der Waals surface area contributed by atoms with Crippen molar-refractivity contribution in [1.82, 2.24) is 10.6 Å². The van der Waals surface area contributed by atoms with Crippen LogP contribution < -0.4 is 15.5 Å². The normalized spacial score (nSPS) is 16.5. The Morgan fingerprint density at radius 3 is 2.68 bits per heavy atom. The molecule has 2 heterocycles. The van der Waals surface area contributed by atoms with Crippen LogP contribution in [0.2, 0.25) is 0 Å². The van der Waals surface area contributed by atoms with E-state index in [-0.39, 0.29) is 24.0 Å². The van der Waals surface area contributed by atoms with E-state index in [1.165, 1.54) is 17.8 Å². The van der Waals surface area contributed by atoms with Crippen molar-refractivity contribution in [3.05, 3.63) is 17.5 Å². The lowest BCUT2D eigenvalue weighted by atomic mass is 10.1. The van der Waals surface area contributed by atoms with E-state index in [1.807, 2.05) is 11.3 Å². The number of aliphatic imine (C=N–C) groups is 1. The first kappa shape index (κ1) is 19.5. The van der Waals surface area contributed by atoms with Gasteiger partial charge in [0, 0.05) is 32.2 Å². The molecule has 0 amide bonds. The largest absolute Gasteiger partial charge is 0.363 e. The standard InChI is InChI=1S/C16H28N4S.HI/c1-4-17-16(18-12-13(2)3)19-14-7-9-20(10-8-14)15-6-5-11-21-15;/h5-6,11,13-14H,4,7-10,12H2,1-3H3,(H2,17,18,19);1H. The number of guanidine groups is 1. The molecule has 0 spiro atoms. The highest BCUT2D eigenvalue weighted by Gasteiger charge is 2.20. The van der Waals surface area contributed by atoms with Crippen molar-refractivity contribution in [1.29, 1.82) is 0 Å². The van der Waals surface area contributed by atoms with Gasteiger partial charge in [-0.3, -0.25) is 4.99 Å². The van der Waals surface area contributed by atoms with Crippen LogP contribution in [0.15, 0.2) is 22.5 Å². The minimum absolute atomic E-state index is 0. The van der Waals surface area contributed by atoms with E-state index >= 15 is 0 Å². The van der Waals surface area contributed by atoms with Crippen molar-refractivity contribution in [3.8, 4) is 0 Å². The Kier molecular flexibility index (Phi) is 9.16. The van der Waals surface area contributed by atoms with Gasteiger partial charge in [0.15, 0.2) is 5.96 Å². The van der Waals surface area contributed by atoms with Crippen LogP contribution in [0.1, 0.15) is 33.6 Å². The first-order chi connectivity index (χ1) is 10.2. The van der Waals surface area contributed by atoms with Gasteiger partial charge >= 0.3 is 0 Å². The molecule has 22 heavy (non-hydrogen) atoms. The fourth-order valence-electron chi connectivity index (χ4n) is 2.48. The number of hydrogen-bond acceptors (Lipinski definition) is 3. The third kappa shape index (κ3) is 6.32. The summed E-state index contributed by atoms with van der Waals surface area (Å²) in [5.74, 6) is 1.57. The molecule has 2 rings (SSSR count). The average Bonchev–Trinajstić information content (AvgIpc) is 3.00. The lowest BCUT2D eigenvalue weighted by Crippen LogP contribution is -2.48. The summed E-state index contributed by atoms with van der Waals surface area (Å²) in [6.07, 6.45) is 2.34. The number of piperidine rings is 1. The van der Waals surface area contributed by atoms with Crippen molar-refractivity contribution in [2.75, 3.05) is 31.1 Å². The summed E-state index contributed by atoms with van der Waals surface area (Å²) in [6, 6.07) is 4.88. The van der Waals surface area contributed by atoms with Crippen LogP contribution in [0.3, 0.4) is 0 Å². The Balaban J connectivity index is 0.00000242. The van der Waals surface area contributed by atoms with Gasteiger partial charge in [-0.05, 0) is 43.2 Å². The van der Waals surface area contributed by atoms with Gasteiger partial charge in [0.1, 0.15) is 0 Å². The Morgan fingerprint density at radius 2 is 2.14 bits per heavy atom. The molecule has 0 aromatic carbocycles. The van der Waals surface area contributed by atoms with Crippen molar-refractivity contribution >= 4 is 46.3 Å². The molecular formula is C16H29IN4S. The van der Waals surface area contributed by atoms with Crippen LogP contribution in [-0.2, 0) is 0 Å². The monoisotopic (exact) mass is 436 g/mol. The van der Waals surface area contributed by atoms with Crippen LogP contribution in [0.25, 0.3) is 0 Å². The number of hydrogen-bond donors (Lipinski definition) is 2. The van der Waals surface area contributed by atoms with Crippen LogP contribution in [0.5, 0.6) is 0 Å². The molecule has 1 aromatic heterocycles. The van der Waals surface area contributed by atoms with Gasteiger partial charge in [0.25, 0.3) is 0 Å². The molecule has 126 valence electrons. The lowest BCUT2D eigenvalue weighted by Gasteiger charge is -2.33. The first-order valence-electron chi connectivity index (χ1n) is 8.02. The molecular weight excluding hydrogens is 407 g/mol. The van der Waals surface area contributed by atoms with E-state index in [9.17, 15) is 0 Å². The second-order valence-electron chi connectivity index (χ2n) is 5.97. The summed E-state index contributed by atoms with van der Waals surface area (Å²) in [5, 5.41) is 10.5. The summed E-state index contributed by atoms with van der Waals surface area (Å²) < 4.78 is 0. The number of thiophene rings is 1. The van der Waals surface area contributed by atoms with Crippen LogP contribution >= 0.6 is 35.3 Å². The second kappa shape index (κ2) is 10.3. The average molecular weight is 436 g/mol. The predicted molar refractivity (Wildman–Crippen MR) is 109 cm³/mol. The first-order valence-corrected chi connectivity index (χ1v) is 8.90. The maximum atomic E-state index is 4.66. The Hall–Kier alpha value is -0.500. The third-order valence-corrected chi connectivity index (χ3v) is 4.54. The predicted octanol–water partition coefficient (Wildman–Crippen LogP) is 3.55. The summed E-state index contributed by atoms with van der Waals surface area (Å²) in [6.45, 7) is 10.6. The van der Waals surface area contributed by atoms with Gasteiger partial charge in [-0.2, -0.15) is 0 Å². The topological polar surface area (TPSA) is 39.7 Å². The molecule has 0 saturated carbocycles. The van der Waals surface area contributed by atoms with Crippen molar-refractivity contribution in [2.24, 2.45) is 10.9 Å². The van der Waals surface area contributed by atoms with Gasteiger partial charge in [-0.1, -0.05) is 13.8 Å².